The number of amides is 1. The second kappa shape index (κ2) is 11.6. The maximum Gasteiger partial charge on any atom is 0.257 e. The van der Waals surface area contributed by atoms with Gasteiger partial charge in [0.25, 0.3) is 5.91 Å². The van der Waals surface area contributed by atoms with E-state index in [2.05, 4.69) is 27.3 Å². The number of aromatic amines is 1. The minimum atomic E-state index is -0.286. The van der Waals surface area contributed by atoms with Crippen LogP contribution >= 0.6 is 0 Å². The average molecular weight is 564 g/mol. The lowest BCUT2D eigenvalue weighted by molar-refractivity contribution is 0.102. The fourth-order valence-corrected chi connectivity index (χ4v) is 5.82. The van der Waals surface area contributed by atoms with Crippen LogP contribution in [0.15, 0.2) is 77.6 Å². The van der Waals surface area contributed by atoms with Gasteiger partial charge in [-0.2, -0.15) is 0 Å². The fraction of sp³-hybridized carbons (Fsp3) is 0.235. The first-order valence-electron chi connectivity index (χ1n) is 14.0. The molecule has 42 heavy (non-hydrogen) atoms. The smallest absolute Gasteiger partial charge is 0.257 e. The van der Waals surface area contributed by atoms with Gasteiger partial charge in [0.2, 0.25) is 0 Å². The zero-order valence-electron chi connectivity index (χ0n) is 24.0. The number of nitrogens with zero attached hydrogens (tertiary/aromatic N) is 1. The molecule has 214 valence electrons. The van der Waals surface area contributed by atoms with Crippen molar-refractivity contribution in [2.75, 3.05) is 39.7 Å². The van der Waals surface area contributed by atoms with E-state index in [0.717, 1.165) is 55.2 Å². The van der Waals surface area contributed by atoms with Crippen molar-refractivity contribution in [1.29, 1.82) is 0 Å². The van der Waals surface area contributed by atoms with Crippen LogP contribution in [0.4, 0.5) is 5.69 Å². The molecule has 0 fully saturated rings. The SMILES string of the molecule is COc1cc2c(cc1OC)CN(CCc1ccccc1NC(=O)c1cccc3c(=O)c4cccc(OC)c4[nH]c13)CC2. The van der Waals surface area contributed by atoms with E-state index >= 15 is 0 Å². The van der Waals surface area contributed by atoms with Gasteiger partial charge in [-0.1, -0.05) is 30.3 Å². The van der Waals surface area contributed by atoms with Crippen LogP contribution in [0.25, 0.3) is 21.8 Å². The molecule has 0 unspecified atom stereocenters. The molecule has 8 nitrogen and oxygen atoms in total. The van der Waals surface area contributed by atoms with Crippen molar-refractivity contribution in [1.82, 2.24) is 9.88 Å². The van der Waals surface area contributed by atoms with E-state index in [4.69, 9.17) is 14.2 Å². The van der Waals surface area contributed by atoms with E-state index in [0.29, 0.717) is 33.1 Å². The van der Waals surface area contributed by atoms with Crippen molar-refractivity contribution >= 4 is 33.4 Å². The number of carbonyl (C=O) groups is 1. The molecule has 0 saturated heterocycles. The van der Waals surface area contributed by atoms with Gasteiger partial charge in [0.15, 0.2) is 16.9 Å². The maximum absolute atomic E-state index is 13.6. The Bertz CT molecular complexity index is 1860. The predicted octanol–water partition coefficient (Wildman–Crippen LogP) is 5.56. The second-order valence-corrected chi connectivity index (χ2v) is 10.4. The molecule has 1 aromatic heterocycles. The molecule has 0 bridgehead atoms. The number of H-pyrrole nitrogens is 1. The monoisotopic (exact) mass is 563 g/mol. The molecule has 0 saturated carbocycles. The van der Waals surface area contributed by atoms with Gasteiger partial charge in [0, 0.05) is 36.1 Å². The summed E-state index contributed by atoms with van der Waals surface area (Å²) in [7, 11) is 4.88. The number of para-hydroxylation sites is 3. The molecular formula is C34H33N3O5. The molecule has 0 spiro atoms. The van der Waals surface area contributed by atoms with Crippen LogP contribution in [0.5, 0.6) is 17.2 Å². The van der Waals surface area contributed by atoms with E-state index in [1.807, 2.05) is 24.3 Å². The number of carbonyl (C=O) groups excluding carboxylic acids is 1. The number of ether oxygens (including phenoxy) is 3. The Hall–Kier alpha value is -4.82. The van der Waals surface area contributed by atoms with Gasteiger partial charge in [-0.25, -0.2) is 0 Å². The molecule has 5 aromatic rings. The summed E-state index contributed by atoms with van der Waals surface area (Å²) in [5, 5.41) is 4.08. The summed E-state index contributed by atoms with van der Waals surface area (Å²) < 4.78 is 16.5. The van der Waals surface area contributed by atoms with Crippen LogP contribution in [0.2, 0.25) is 0 Å². The number of nitrogens with one attached hydrogen (secondary N) is 2. The van der Waals surface area contributed by atoms with Crippen LogP contribution in [-0.2, 0) is 19.4 Å². The summed E-state index contributed by atoms with van der Waals surface area (Å²) in [6.07, 6.45) is 1.71. The largest absolute Gasteiger partial charge is 0.495 e. The number of aromatic nitrogens is 1. The third-order valence-corrected chi connectivity index (χ3v) is 8.05. The molecule has 1 aliphatic rings. The van der Waals surface area contributed by atoms with Gasteiger partial charge in [-0.15, -0.1) is 0 Å². The van der Waals surface area contributed by atoms with Crippen molar-refractivity contribution in [3.05, 3.63) is 105 Å². The van der Waals surface area contributed by atoms with E-state index < -0.39 is 0 Å². The Kier molecular flexibility index (Phi) is 7.54. The molecule has 4 aromatic carbocycles. The molecule has 0 radical (unpaired) electrons. The quantitative estimate of drug-likeness (QED) is 0.240. The van der Waals surface area contributed by atoms with Gasteiger partial charge in [-0.05, 0) is 72.0 Å². The van der Waals surface area contributed by atoms with E-state index in [-0.39, 0.29) is 11.3 Å². The molecule has 6 rings (SSSR count). The first-order valence-corrected chi connectivity index (χ1v) is 14.0. The number of anilines is 1. The summed E-state index contributed by atoms with van der Waals surface area (Å²) in [5.74, 6) is 1.76. The molecule has 1 amide bonds. The lowest BCUT2D eigenvalue weighted by atomic mass is 9.98. The minimum Gasteiger partial charge on any atom is -0.495 e. The first kappa shape index (κ1) is 27.4. The van der Waals surface area contributed by atoms with Crippen LogP contribution in [0.3, 0.4) is 0 Å². The van der Waals surface area contributed by atoms with Crippen molar-refractivity contribution in [3.63, 3.8) is 0 Å². The number of rotatable bonds is 8. The standard InChI is InChI=1S/C34H33N3O5/c1-40-28-13-7-10-25-32(28)36-31-24(33(25)38)9-6-11-26(31)34(39)35-27-12-5-4-8-21(27)14-16-37-17-15-22-18-29(41-2)30(42-3)19-23(22)20-37/h4-13,18-19H,14-17,20H2,1-3H3,(H,35,39)(H,36,38). The van der Waals surface area contributed by atoms with Gasteiger partial charge < -0.3 is 24.5 Å². The Balaban J connectivity index is 1.23. The number of methoxy groups -OCH3 is 3. The topological polar surface area (TPSA) is 92.9 Å². The highest BCUT2D eigenvalue weighted by Crippen LogP contribution is 2.33. The van der Waals surface area contributed by atoms with E-state index in [1.165, 1.54) is 11.1 Å². The number of fused-ring (bicyclic) bond motifs is 3. The van der Waals surface area contributed by atoms with Gasteiger partial charge in [0.1, 0.15) is 5.75 Å². The van der Waals surface area contributed by atoms with Gasteiger partial charge >= 0.3 is 0 Å². The number of hydrogen-bond acceptors (Lipinski definition) is 6. The number of pyridine rings is 1. The average Bonchev–Trinajstić information content (AvgIpc) is 3.03. The molecule has 1 aliphatic heterocycles. The Labute approximate surface area is 243 Å². The molecule has 2 N–H and O–H groups in total. The molecule has 0 atom stereocenters. The first-order chi connectivity index (χ1) is 20.5. The van der Waals surface area contributed by atoms with Gasteiger partial charge in [0.05, 0.1) is 37.9 Å². The third-order valence-electron chi connectivity index (χ3n) is 8.05. The highest BCUT2D eigenvalue weighted by atomic mass is 16.5. The molecule has 8 heteroatoms. The third kappa shape index (κ3) is 5.05. The van der Waals surface area contributed by atoms with E-state index in [1.54, 1.807) is 57.7 Å². The van der Waals surface area contributed by atoms with Crippen LogP contribution < -0.4 is 25.0 Å². The van der Waals surface area contributed by atoms with Crippen molar-refractivity contribution in [3.8, 4) is 17.2 Å². The normalized spacial score (nSPS) is 13.1. The van der Waals surface area contributed by atoms with Crippen LogP contribution in [-0.4, -0.2) is 50.2 Å². The van der Waals surface area contributed by atoms with Crippen LogP contribution in [0.1, 0.15) is 27.0 Å². The molecule has 2 heterocycles. The Morgan fingerprint density at radius 2 is 1.52 bits per heavy atom. The highest BCUT2D eigenvalue weighted by molar-refractivity contribution is 6.13. The lowest BCUT2D eigenvalue weighted by Crippen LogP contribution is -2.32. The number of benzene rings is 4. The predicted molar refractivity (Wildman–Crippen MR) is 165 cm³/mol. The molecule has 0 aliphatic carbocycles. The highest BCUT2D eigenvalue weighted by Gasteiger charge is 2.21. The van der Waals surface area contributed by atoms with E-state index in [9.17, 15) is 9.59 Å². The van der Waals surface area contributed by atoms with Crippen LogP contribution in [0, 0.1) is 0 Å². The fourth-order valence-electron chi connectivity index (χ4n) is 5.82. The minimum absolute atomic E-state index is 0.146. The Morgan fingerprint density at radius 1 is 0.833 bits per heavy atom. The Morgan fingerprint density at radius 3 is 2.29 bits per heavy atom. The lowest BCUT2D eigenvalue weighted by Gasteiger charge is -2.29. The number of hydrogen-bond donors (Lipinski definition) is 2. The molecular weight excluding hydrogens is 530 g/mol. The second-order valence-electron chi connectivity index (χ2n) is 10.4. The summed E-state index contributed by atoms with van der Waals surface area (Å²) in [6.45, 7) is 2.61. The zero-order chi connectivity index (χ0) is 29.2. The maximum atomic E-state index is 13.6. The summed E-state index contributed by atoms with van der Waals surface area (Å²) in [4.78, 5) is 32.7. The summed E-state index contributed by atoms with van der Waals surface area (Å²) >= 11 is 0. The van der Waals surface area contributed by atoms with Crippen molar-refractivity contribution in [2.45, 2.75) is 19.4 Å². The van der Waals surface area contributed by atoms with Crippen molar-refractivity contribution in [2.24, 2.45) is 0 Å². The van der Waals surface area contributed by atoms with Gasteiger partial charge in [-0.3, -0.25) is 14.5 Å². The summed E-state index contributed by atoms with van der Waals surface area (Å²) in [5.41, 5.74) is 5.63. The summed E-state index contributed by atoms with van der Waals surface area (Å²) in [6, 6.07) is 22.6. The van der Waals surface area contributed by atoms with Crippen molar-refractivity contribution < 1.29 is 19.0 Å². The zero-order valence-corrected chi connectivity index (χ0v) is 24.0.